The highest BCUT2D eigenvalue weighted by molar-refractivity contribution is 6.33. The maximum Gasteiger partial charge on any atom is 0.161 e. The van der Waals surface area contributed by atoms with Crippen LogP contribution in [-0.2, 0) is 0 Å². The first-order chi connectivity index (χ1) is 13.2. The Morgan fingerprint density at radius 3 is 2.48 bits per heavy atom. The van der Waals surface area contributed by atoms with Crippen molar-refractivity contribution in [2.45, 2.75) is 0 Å². The van der Waals surface area contributed by atoms with Crippen molar-refractivity contribution in [2.75, 3.05) is 0 Å². The smallest absolute Gasteiger partial charge is 0.161 e. The lowest BCUT2D eigenvalue weighted by atomic mass is 10.0. The summed E-state index contributed by atoms with van der Waals surface area (Å²) in [6, 6.07) is 24.5. The molecule has 0 saturated heterocycles. The normalized spacial score (nSPS) is 11.3. The van der Waals surface area contributed by atoms with Gasteiger partial charge in [-0.2, -0.15) is 0 Å². The zero-order valence-electron chi connectivity index (χ0n) is 14.2. The number of halogens is 1. The molecule has 2 aromatic heterocycles. The third-order valence-electron chi connectivity index (χ3n) is 4.63. The molecule has 4 heteroatoms. The van der Waals surface area contributed by atoms with E-state index in [0.717, 1.165) is 38.9 Å². The zero-order valence-corrected chi connectivity index (χ0v) is 14.9. The number of aromatic nitrogens is 1. The summed E-state index contributed by atoms with van der Waals surface area (Å²) in [6.07, 6.45) is 0. The molecule has 1 N–H and O–H groups in total. The minimum atomic E-state index is 0.200. The van der Waals surface area contributed by atoms with Gasteiger partial charge >= 0.3 is 0 Å². The number of rotatable bonds is 2. The Bertz CT molecular complexity index is 1310. The fraction of sp³-hybridized carbons (Fsp3) is 0. The third kappa shape index (κ3) is 2.64. The molecule has 3 aromatic carbocycles. The highest BCUT2D eigenvalue weighted by Gasteiger charge is 2.17. The summed E-state index contributed by atoms with van der Waals surface area (Å²) in [5, 5.41) is 11.5. The number of pyridine rings is 1. The molecule has 0 atom stereocenters. The standard InChI is InChI=1S/C23H14ClNO2/c24-19-10-3-1-8-16(19)18-13-20(14-6-5-7-15(26)12-14)25-22-17-9-2-4-11-21(17)27-23(18)22/h1-13,26H. The van der Waals surface area contributed by atoms with E-state index < -0.39 is 0 Å². The van der Waals surface area contributed by atoms with Gasteiger partial charge in [-0.25, -0.2) is 4.98 Å². The topological polar surface area (TPSA) is 46.3 Å². The van der Waals surface area contributed by atoms with Crippen molar-refractivity contribution in [1.29, 1.82) is 0 Å². The van der Waals surface area contributed by atoms with E-state index in [1.54, 1.807) is 18.2 Å². The first kappa shape index (κ1) is 15.9. The van der Waals surface area contributed by atoms with E-state index in [4.69, 9.17) is 21.0 Å². The molecule has 130 valence electrons. The molecule has 0 saturated carbocycles. The van der Waals surface area contributed by atoms with E-state index in [2.05, 4.69) is 0 Å². The van der Waals surface area contributed by atoms with Gasteiger partial charge in [0.15, 0.2) is 5.58 Å². The summed E-state index contributed by atoms with van der Waals surface area (Å²) >= 11 is 6.48. The van der Waals surface area contributed by atoms with Crippen LogP contribution in [-0.4, -0.2) is 10.1 Å². The van der Waals surface area contributed by atoms with Gasteiger partial charge in [0.25, 0.3) is 0 Å². The van der Waals surface area contributed by atoms with E-state index in [1.807, 2.05) is 60.7 Å². The number of nitrogens with zero attached hydrogens (tertiary/aromatic N) is 1. The summed E-state index contributed by atoms with van der Waals surface area (Å²) in [7, 11) is 0. The molecule has 0 fully saturated rings. The predicted octanol–water partition coefficient (Wildman–Crippen LogP) is 6.67. The Kier molecular flexibility index (Phi) is 3.62. The van der Waals surface area contributed by atoms with E-state index in [-0.39, 0.29) is 5.75 Å². The molecule has 0 bridgehead atoms. The molecular formula is C23H14ClNO2. The first-order valence-corrected chi connectivity index (χ1v) is 8.95. The number of fused-ring (bicyclic) bond motifs is 3. The van der Waals surface area contributed by atoms with Crippen LogP contribution in [0.3, 0.4) is 0 Å². The molecule has 0 aliphatic heterocycles. The van der Waals surface area contributed by atoms with Gasteiger partial charge in [0.05, 0.1) is 5.69 Å². The van der Waals surface area contributed by atoms with Crippen LogP contribution >= 0.6 is 11.6 Å². The predicted molar refractivity (Wildman–Crippen MR) is 109 cm³/mol. The largest absolute Gasteiger partial charge is 0.508 e. The fourth-order valence-corrected chi connectivity index (χ4v) is 3.61. The fourth-order valence-electron chi connectivity index (χ4n) is 3.37. The molecule has 0 aliphatic carbocycles. The second-order valence-electron chi connectivity index (χ2n) is 6.36. The van der Waals surface area contributed by atoms with E-state index in [9.17, 15) is 5.11 Å². The SMILES string of the molecule is Oc1cccc(-c2cc(-c3ccccc3Cl)c3oc4ccccc4c3n2)c1. The molecule has 27 heavy (non-hydrogen) atoms. The molecule has 0 spiro atoms. The lowest BCUT2D eigenvalue weighted by molar-refractivity contribution is 0.475. The van der Waals surface area contributed by atoms with Crippen molar-refractivity contribution in [3.8, 4) is 28.1 Å². The number of aromatic hydroxyl groups is 1. The molecule has 0 radical (unpaired) electrons. The highest BCUT2D eigenvalue weighted by atomic mass is 35.5. The van der Waals surface area contributed by atoms with Crippen molar-refractivity contribution in [3.63, 3.8) is 0 Å². The van der Waals surface area contributed by atoms with E-state index in [0.29, 0.717) is 10.6 Å². The molecule has 3 nitrogen and oxygen atoms in total. The maximum atomic E-state index is 9.88. The number of para-hydroxylation sites is 1. The Balaban J connectivity index is 1.91. The summed E-state index contributed by atoms with van der Waals surface area (Å²) in [6.45, 7) is 0. The summed E-state index contributed by atoms with van der Waals surface area (Å²) in [4.78, 5) is 4.84. The van der Waals surface area contributed by atoms with Crippen LogP contribution in [0.4, 0.5) is 0 Å². The van der Waals surface area contributed by atoms with Gasteiger partial charge in [-0.1, -0.05) is 54.1 Å². The van der Waals surface area contributed by atoms with Crippen LogP contribution in [0.25, 0.3) is 44.5 Å². The van der Waals surface area contributed by atoms with Gasteiger partial charge in [0, 0.05) is 27.1 Å². The van der Waals surface area contributed by atoms with Crippen molar-refractivity contribution in [3.05, 3.63) is 83.9 Å². The van der Waals surface area contributed by atoms with Crippen LogP contribution in [0.2, 0.25) is 5.02 Å². The summed E-state index contributed by atoms with van der Waals surface area (Å²) in [5.41, 5.74) is 5.60. The van der Waals surface area contributed by atoms with Crippen LogP contribution in [0.5, 0.6) is 5.75 Å². The molecule has 0 amide bonds. The number of phenolic OH excluding ortho intramolecular Hbond substituents is 1. The molecule has 5 aromatic rings. The van der Waals surface area contributed by atoms with E-state index in [1.165, 1.54) is 0 Å². The number of furan rings is 1. The van der Waals surface area contributed by atoms with E-state index >= 15 is 0 Å². The lowest BCUT2D eigenvalue weighted by Crippen LogP contribution is -1.88. The van der Waals surface area contributed by atoms with Gasteiger partial charge in [0.2, 0.25) is 0 Å². The molecule has 0 aliphatic rings. The third-order valence-corrected chi connectivity index (χ3v) is 4.96. The van der Waals surface area contributed by atoms with Crippen molar-refractivity contribution in [1.82, 2.24) is 4.98 Å². The minimum absolute atomic E-state index is 0.200. The van der Waals surface area contributed by atoms with Gasteiger partial charge in [-0.15, -0.1) is 0 Å². The summed E-state index contributed by atoms with van der Waals surface area (Å²) < 4.78 is 6.14. The van der Waals surface area contributed by atoms with Crippen LogP contribution < -0.4 is 0 Å². The van der Waals surface area contributed by atoms with Gasteiger partial charge < -0.3 is 9.52 Å². The molecule has 2 heterocycles. The molecular weight excluding hydrogens is 358 g/mol. The minimum Gasteiger partial charge on any atom is -0.508 e. The number of phenols is 1. The Morgan fingerprint density at radius 1 is 0.815 bits per heavy atom. The summed E-state index contributed by atoms with van der Waals surface area (Å²) in [5.74, 6) is 0.200. The average Bonchev–Trinajstić information content (AvgIpc) is 3.06. The second-order valence-corrected chi connectivity index (χ2v) is 6.77. The maximum absolute atomic E-state index is 9.88. The van der Waals surface area contributed by atoms with Gasteiger partial charge in [-0.3, -0.25) is 0 Å². The lowest BCUT2D eigenvalue weighted by Gasteiger charge is -2.09. The van der Waals surface area contributed by atoms with Gasteiger partial charge in [0.1, 0.15) is 16.8 Å². The average molecular weight is 372 g/mol. The first-order valence-electron chi connectivity index (χ1n) is 8.57. The second kappa shape index (κ2) is 6.15. The molecule has 5 rings (SSSR count). The number of benzene rings is 3. The van der Waals surface area contributed by atoms with Crippen molar-refractivity contribution < 1.29 is 9.52 Å². The number of hydrogen-bond acceptors (Lipinski definition) is 3. The zero-order chi connectivity index (χ0) is 18.4. The molecule has 0 unspecified atom stereocenters. The van der Waals surface area contributed by atoms with Crippen molar-refractivity contribution >= 4 is 33.7 Å². The van der Waals surface area contributed by atoms with Crippen LogP contribution in [0, 0.1) is 0 Å². The van der Waals surface area contributed by atoms with Crippen molar-refractivity contribution in [2.24, 2.45) is 0 Å². The monoisotopic (exact) mass is 371 g/mol. The Labute approximate surface area is 160 Å². The highest BCUT2D eigenvalue weighted by Crippen LogP contribution is 2.39. The quantitative estimate of drug-likeness (QED) is 0.376. The number of hydrogen-bond donors (Lipinski definition) is 1. The Morgan fingerprint density at radius 2 is 1.63 bits per heavy atom. The Hall–Kier alpha value is -3.30. The van der Waals surface area contributed by atoms with Crippen LogP contribution in [0.15, 0.2) is 83.3 Å². The van der Waals surface area contributed by atoms with Gasteiger partial charge in [-0.05, 0) is 36.4 Å². The van der Waals surface area contributed by atoms with Crippen LogP contribution in [0.1, 0.15) is 0 Å².